The topological polar surface area (TPSA) is 79.3 Å². The molecule has 0 aromatic heterocycles. The third-order valence-electron chi connectivity index (χ3n) is 5.06. The summed E-state index contributed by atoms with van der Waals surface area (Å²) in [5, 5.41) is 9.04. The largest absolute Gasteiger partial charge is 0.496 e. The molecule has 0 radical (unpaired) electrons. The molecule has 2 aromatic rings. The minimum absolute atomic E-state index is 0.0388. The number of methoxy groups -OCH3 is 1. The summed E-state index contributed by atoms with van der Waals surface area (Å²) in [4.78, 5) is 27.4. The fourth-order valence-corrected chi connectivity index (χ4v) is 3.38. The molecule has 0 aliphatic carbocycles. The lowest BCUT2D eigenvalue weighted by Gasteiger charge is -2.33. The van der Waals surface area contributed by atoms with Gasteiger partial charge in [0.2, 0.25) is 0 Å². The van der Waals surface area contributed by atoms with E-state index in [1.807, 2.05) is 24.3 Å². The van der Waals surface area contributed by atoms with Gasteiger partial charge < -0.3 is 24.4 Å². The number of carboxylic acid groups (broad SMARTS) is 1. The molecule has 160 valence electrons. The quantitative estimate of drug-likeness (QED) is 0.751. The van der Waals surface area contributed by atoms with Crippen LogP contribution in [0.5, 0.6) is 5.75 Å². The van der Waals surface area contributed by atoms with Crippen molar-refractivity contribution >= 4 is 12.0 Å². The van der Waals surface area contributed by atoms with Gasteiger partial charge in [-0.3, -0.25) is 0 Å². The van der Waals surface area contributed by atoms with Gasteiger partial charge in [0.05, 0.1) is 32.4 Å². The molecule has 0 saturated carbocycles. The average molecular weight is 416 g/mol. The van der Waals surface area contributed by atoms with Crippen LogP contribution >= 0.6 is 0 Å². The van der Waals surface area contributed by atoms with Crippen molar-refractivity contribution in [2.75, 3.05) is 40.0 Å². The van der Waals surface area contributed by atoms with Crippen LogP contribution in [0.15, 0.2) is 42.5 Å². The Morgan fingerprint density at radius 1 is 1.17 bits per heavy atom. The first-order valence-corrected chi connectivity index (χ1v) is 9.75. The van der Waals surface area contributed by atoms with E-state index in [1.54, 1.807) is 16.9 Å². The summed E-state index contributed by atoms with van der Waals surface area (Å²) in [7, 11) is 1.59. The Morgan fingerprint density at radius 2 is 1.90 bits per heavy atom. The normalized spacial score (nSPS) is 13.7. The zero-order valence-electron chi connectivity index (χ0n) is 16.8. The van der Waals surface area contributed by atoms with Crippen molar-refractivity contribution in [3.8, 4) is 5.75 Å². The Hall–Kier alpha value is -3.13. The molecule has 1 heterocycles. The molecular formula is C22H25FN2O5. The first-order valence-electron chi connectivity index (χ1n) is 9.75. The predicted molar refractivity (Wildman–Crippen MR) is 108 cm³/mol. The number of carboxylic acids is 1. The minimum Gasteiger partial charge on any atom is -0.496 e. The maximum absolute atomic E-state index is 14.5. The molecule has 0 spiro atoms. The van der Waals surface area contributed by atoms with Crippen molar-refractivity contribution < 1.29 is 28.6 Å². The molecule has 1 aliphatic rings. The van der Waals surface area contributed by atoms with Gasteiger partial charge in [-0.15, -0.1) is 0 Å². The molecule has 1 N–H and O–H groups in total. The second kappa shape index (κ2) is 10.1. The standard InChI is InChI=1S/C22H25FN2O5/c1-29-20-5-3-2-4-16(20)8-9-25(22(28)24-10-12-30-13-11-24)15-18-7-6-17(21(26)27)14-19(18)23/h2-7,14H,8-13,15H2,1H3,(H,26,27). The highest BCUT2D eigenvalue weighted by Gasteiger charge is 2.24. The highest BCUT2D eigenvalue weighted by molar-refractivity contribution is 5.87. The number of carbonyl (C=O) groups excluding carboxylic acids is 1. The summed E-state index contributed by atoms with van der Waals surface area (Å²) in [6.45, 7) is 2.28. The number of rotatable bonds is 7. The number of ether oxygens (including phenoxy) is 2. The molecule has 30 heavy (non-hydrogen) atoms. The summed E-state index contributed by atoms with van der Waals surface area (Å²) in [5.74, 6) is -1.11. The summed E-state index contributed by atoms with van der Waals surface area (Å²) in [5.41, 5.74) is 1.08. The molecule has 2 aromatic carbocycles. The number of aromatic carboxylic acids is 1. The highest BCUT2D eigenvalue weighted by Crippen LogP contribution is 2.20. The fourth-order valence-electron chi connectivity index (χ4n) is 3.38. The zero-order chi connectivity index (χ0) is 21.5. The second-order valence-electron chi connectivity index (χ2n) is 6.98. The Morgan fingerprint density at radius 3 is 2.57 bits per heavy atom. The zero-order valence-corrected chi connectivity index (χ0v) is 16.8. The number of urea groups is 1. The predicted octanol–water partition coefficient (Wildman–Crippen LogP) is 3.03. The Balaban J connectivity index is 1.80. The molecule has 1 aliphatic heterocycles. The number of benzene rings is 2. The van der Waals surface area contributed by atoms with Gasteiger partial charge in [0.1, 0.15) is 11.6 Å². The number of nitrogens with zero attached hydrogens (tertiary/aromatic N) is 2. The maximum atomic E-state index is 14.5. The van der Waals surface area contributed by atoms with E-state index in [9.17, 15) is 14.0 Å². The number of amides is 2. The van der Waals surface area contributed by atoms with Crippen molar-refractivity contribution in [1.29, 1.82) is 0 Å². The fraction of sp³-hybridized carbons (Fsp3) is 0.364. The van der Waals surface area contributed by atoms with Crippen LogP contribution < -0.4 is 4.74 Å². The summed E-state index contributed by atoms with van der Waals surface area (Å²) < 4.78 is 25.2. The lowest BCUT2D eigenvalue weighted by molar-refractivity contribution is 0.0426. The van der Waals surface area contributed by atoms with Gasteiger partial charge in [-0.05, 0) is 30.2 Å². The van der Waals surface area contributed by atoms with Crippen LogP contribution in [0.2, 0.25) is 0 Å². The number of halogens is 1. The van der Waals surface area contributed by atoms with E-state index in [2.05, 4.69) is 0 Å². The van der Waals surface area contributed by atoms with Crippen LogP contribution in [0.4, 0.5) is 9.18 Å². The van der Waals surface area contributed by atoms with Crippen LogP contribution in [-0.2, 0) is 17.7 Å². The molecule has 0 atom stereocenters. The van der Waals surface area contributed by atoms with Crippen molar-refractivity contribution in [1.82, 2.24) is 9.80 Å². The van der Waals surface area contributed by atoms with Crippen LogP contribution in [0.3, 0.4) is 0 Å². The molecular weight excluding hydrogens is 391 g/mol. The first kappa shape index (κ1) is 21.6. The molecule has 8 heteroatoms. The maximum Gasteiger partial charge on any atom is 0.335 e. The van der Waals surface area contributed by atoms with E-state index in [0.717, 1.165) is 17.4 Å². The summed E-state index contributed by atoms with van der Waals surface area (Å²) in [6.07, 6.45) is 0.537. The number of para-hydroxylation sites is 1. The monoisotopic (exact) mass is 416 g/mol. The van der Waals surface area contributed by atoms with Gasteiger partial charge >= 0.3 is 12.0 Å². The third-order valence-corrected chi connectivity index (χ3v) is 5.06. The molecule has 7 nitrogen and oxygen atoms in total. The van der Waals surface area contributed by atoms with Gasteiger partial charge in [0.15, 0.2) is 0 Å². The average Bonchev–Trinajstić information content (AvgIpc) is 2.77. The number of morpholine rings is 1. The summed E-state index contributed by atoms with van der Waals surface area (Å²) in [6, 6.07) is 11.1. The number of hydrogen-bond donors (Lipinski definition) is 1. The Bertz CT molecular complexity index is 899. The molecule has 0 bridgehead atoms. The Labute approximate surface area is 174 Å². The van der Waals surface area contributed by atoms with Gasteiger partial charge in [0.25, 0.3) is 0 Å². The number of carbonyl (C=O) groups is 2. The van der Waals surface area contributed by atoms with E-state index < -0.39 is 11.8 Å². The smallest absolute Gasteiger partial charge is 0.335 e. The lowest BCUT2D eigenvalue weighted by atomic mass is 10.1. The van der Waals surface area contributed by atoms with E-state index in [4.69, 9.17) is 14.6 Å². The highest BCUT2D eigenvalue weighted by atomic mass is 19.1. The van der Waals surface area contributed by atoms with Gasteiger partial charge in [-0.2, -0.15) is 0 Å². The van der Waals surface area contributed by atoms with Crippen molar-refractivity contribution in [2.45, 2.75) is 13.0 Å². The van der Waals surface area contributed by atoms with Crippen LogP contribution in [0, 0.1) is 5.82 Å². The Kier molecular flexibility index (Phi) is 7.24. The SMILES string of the molecule is COc1ccccc1CCN(Cc1ccc(C(=O)O)cc1F)C(=O)N1CCOCC1. The molecule has 0 unspecified atom stereocenters. The van der Waals surface area contributed by atoms with E-state index >= 15 is 0 Å². The van der Waals surface area contributed by atoms with Gasteiger partial charge in [-0.25, -0.2) is 14.0 Å². The van der Waals surface area contributed by atoms with Gasteiger partial charge in [-0.1, -0.05) is 24.3 Å². The molecule has 1 fully saturated rings. The van der Waals surface area contributed by atoms with Crippen molar-refractivity contribution in [3.05, 3.63) is 65.0 Å². The van der Waals surface area contributed by atoms with E-state index in [0.29, 0.717) is 39.3 Å². The van der Waals surface area contributed by atoms with Crippen molar-refractivity contribution in [3.63, 3.8) is 0 Å². The van der Waals surface area contributed by atoms with E-state index in [1.165, 1.54) is 12.1 Å². The van der Waals surface area contributed by atoms with Crippen LogP contribution in [0.1, 0.15) is 21.5 Å². The molecule has 3 rings (SSSR count). The first-order chi connectivity index (χ1) is 14.5. The molecule has 1 saturated heterocycles. The summed E-state index contributed by atoms with van der Waals surface area (Å²) >= 11 is 0. The molecule has 2 amide bonds. The van der Waals surface area contributed by atoms with Gasteiger partial charge in [0, 0.05) is 25.2 Å². The number of hydrogen-bond acceptors (Lipinski definition) is 4. The third kappa shape index (κ3) is 5.27. The minimum atomic E-state index is -1.20. The second-order valence-corrected chi connectivity index (χ2v) is 6.98. The van der Waals surface area contributed by atoms with Crippen molar-refractivity contribution in [2.24, 2.45) is 0 Å². The van der Waals surface area contributed by atoms with E-state index in [-0.39, 0.29) is 23.7 Å². The van der Waals surface area contributed by atoms with Crippen LogP contribution in [-0.4, -0.2) is 66.9 Å². The lowest BCUT2D eigenvalue weighted by Crippen LogP contribution is -2.48. The van der Waals surface area contributed by atoms with Crippen LogP contribution in [0.25, 0.3) is 0 Å².